The Labute approximate surface area is 204 Å². The third-order valence-electron chi connectivity index (χ3n) is 8.99. The van der Waals surface area contributed by atoms with Gasteiger partial charge in [0.25, 0.3) is 0 Å². The number of phenolic OH excluding ortho intramolecular Hbond substituents is 2. The van der Waals surface area contributed by atoms with Crippen LogP contribution >= 0.6 is 0 Å². The van der Waals surface area contributed by atoms with Crippen molar-refractivity contribution >= 4 is 5.97 Å². The van der Waals surface area contributed by atoms with Crippen molar-refractivity contribution in [2.75, 3.05) is 20.7 Å². The van der Waals surface area contributed by atoms with Gasteiger partial charge in [-0.1, -0.05) is 12.1 Å². The number of carboxylic acids is 1. The molecule has 2 heterocycles. The molecule has 1 saturated carbocycles. The summed E-state index contributed by atoms with van der Waals surface area (Å²) in [6, 6.07) is 7.72. The predicted molar refractivity (Wildman–Crippen MR) is 128 cm³/mol. The molecule has 2 fully saturated rings. The van der Waals surface area contributed by atoms with Gasteiger partial charge in [0, 0.05) is 34.7 Å². The van der Waals surface area contributed by atoms with Crippen LogP contribution in [0, 0.1) is 5.92 Å². The highest BCUT2D eigenvalue weighted by Crippen LogP contribution is 2.65. The zero-order chi connectivity index (χ0) is 24.5. The zero-order valence-corrected chi connectivity index (χ0v) is 20.0. The van der Waals surface area contributed by atoms with Crippen LogP contribution in [0.5, 0.6) is 23.0 Å². The topological polar surface area (TPSA) is 111 Å². The number of nitrogens with one attached hydrogen (secondary N) is 1. The van der Waals surface area contributed by atoms with E-state index < -0.39 is 12.0 Å². The maximum atomic E-state index is 12.3. The smallest absolute Gasteiger partial charge is 0.321 e. The lowest BCUT2D eigenvalue weighted by molar-refractivity contribution is -0.140. The third kappa shape index (κ3) is 3.23. The fourth-order valence-corrected chi connectivity index (χ4v) is 7.49. The Kier molecular flexibility index (Phi) is 5.16. The molecule has 0 amide bonds. The molecule has 2 aliphatic carbocycles. The van der Waals surface area contributed by atoms with Crippen molar-refractivity contribution < 1.29 is 29.6 Å². The summed E-state index contributed by atoms with van der Waals surface area (Å²) >= 11 is 0. The Morgan fingerprint density at radius 1 is 1.29 bits per heavy atom. The number of phenols is 2. The van der Waals surface area contributed by atoms with E-state index in [0.29, 0.717) is 29.9 Å². The molecule has 0 aromatic heterocycles. The van der Waals surface area contributed by atoms with Crippen LogP contribution in [0.25, 0.3) is 0 Å². The van der Waals surface area contributed by atoms with Crippen molar-refractivity contribution in [1.82, 2.24) is 10.2 Å². The van der Waals surface area contributed by atoms with E-state index >= 15 is 0 Å². The number of aliphatic carboxylic acids is 1. The molecule has 4 N–H and O–H groups in total. The van der Waals surface area contributed by atoms with E-state index in [1.54, 1.807) is 37.4 Å². The second kappa shape index (κ2) is 8.03. The lowest BCUT2D eigenvalue weighted by Crippen LogP contribution is -2.69. The SMILES string of the molecule is COc1cc(O)c2c3c1C[C@@H]1[C@@H]4CC[C@H](N[C@@H](Cc5ccc(O)cc5)C(=O)O)[C@H](O2)[C@]34CCN1C. The molecule has 2 aliphatic heterocycles. The predicted octanol–water partition coefficient (Wildman–Crippen LogP) is 2.43. The molecule has 186 valence electrons. The Morgan fingerprint density at radius 3 is 2.77 bits per heavy atom. The van der Waals surface area contributed by atoms with Gasteiger partial charge in [-0.05, 0) is 69.3 Å². The van der Waals surface area contributed by atoms with Gasteiger partial charge in [0.1, 0.15) is 23.6 Å². The number of nitrogens with zero attached hydrogens (tertiary/aromatic N) is 1. The Bertz CT molecular complexity index is 1170. The average molecular weight is 481 g/mol. The number of hydrogen-bond acceptors (Lipinski definition) is 7. The van der Waals surface area contributed by atoms with Gasteiger partial charge in [0.15, 0.2) is 11.5 Å². The first kappa shape index (κ1) is 22.5. The molecule has 8 nitrogen and oxygen atoms in total. The molecular weight excluding hydrogens is 448 g/mol. The molecule has 2 aromatic rings. The summed E-state index contributed by atoms with van der Waals surface area (Å²) in [6.07, 6.45) is 3.58. The van der Waals surface area contributed by atoms with E-state index in [0.717, 1.165) is 48.9 Å². The maximum absolute atomic E-state index is 12.3. The molecule has 2 bridgehead atoms. The summed E-state index contributed by atoms with van der Waals surface area (Å²) in [6.45, 7) is 0.931. The summed E-state index contributed by atoms with van der Waals surface area (Å²) < 4.78 is 12.3. The van der Waals surface area contributed by atoms with Gasteiger partial charge in [-0.25, -0.2) is 0 Å². The molecule has 6 rings (SSSR count). The van der Waals surface area contributed by atoms with Gasteiger partial charge < -0.3 is 29.7 Å². The van der Waals surface area contributed by atoms with Crippen molar-refractivity contribution in [2.24, 2.45) is 5.92 Å². The average Bonchev–Trinajstić information content (AvgIpc) is 3.19. The lowest BCUT2D eigenvalue weighted by atomic mass is 9.51. The van der Waals surface area contributed by atoms with Gasteiger partial charge in [-0.3, -0.25) is 10.1 Å². The molecule has 1 spiro atoms. The van der Waals surface area contributed by atoms with Gasteiger partial charge in [0.2, 0.25) is 0 Å². The first-order chi connectivity index (χ1) is 16.8. The molecule has 4 aliphatic rings. The molecule has 1 saturated heterocycles. The van der Waals surface area contributed by atoms with Crippen LogP contribution in [-0.2, 0) is 23.1 Å². The van der Waals surface area contributed by atoms with Crippen molar-refractivity contribution in [1.29, 1.82) is 0 Å². The van der Waals surface area contributed by atoms with Crippen LogP contribution in [-0.4, -0.2) is 71.1 Å². The molecule has 0 unspecified atom stereocenters. The first-order valence-electron chi connectivity index (χ1n) is 12.4. The number of piperidine rings is 1. The fourth-order valence-electron chi connectivity index (χ4n) is 7.49. The van der Waals surface area contributed by atoms with E-state index in [1.807, 2.05) is 0 Å². The Balaban J connectivity index is 1.38. The van der Waals surface area contributed by atoms with E-state index in [2.05, 4.69) is 17.3 Å². The maximum Gasteiger partial charge on any atom is 0.321 e. The van der Waals surface area contributed by atoms with E-state index in [9.17, 15) is 20.1 Å². The van der Waals surface area contributed by atoms with Gasteiger partial charge >= 0.3 is 5.97 Å². The highest BCUT2D eigenvalue weighted by Gasteiger charge is 2.66. The highest BCUT2D eigenvalue weighted by molar-refractivity contribution is 5.74. The number of ether oxygens (including phenoxy) is 2. The van der Waals surface area contributed by atoms with Crippen molar-refractivity contribution in [3.8, 4) is 23.0 Å². The third-order valence-corrected chi connectivity index (χ3v) is 8.99. The molecule has 35 heavy (non-hydrogen) atoms. The summed E-state index contributed by atoms with van der Waals surface area (Å²) in [4.78, 5) is 14.7. The fraction of sp³-hybridized carbons (Fsp3) is 0.519. The second-order valence-electron chi connectivity index (χ2n) is 10.6. The minimum Gasteiger partial charge on any atom is -0.508 e. The van der Waals surface area contributed by atoms with Crippen LogP contribution in [0.4, 0.5) is 0 Å². The molecule has 2 aromatic carbocycles. The van der Waals surface area contributed by atoms with E-state index in [4.69, 9.17) is 9.47 Å². The number of aromatic hydroxyl groups is 2. The van der Waals surface area contributed by atoms with Crippen molar-refractivity contribution in [3.63, 3.8) is 0 Å². The summed E-state index contributed by atoms with van der Waals surface area (Å²) in [5, 5.41) is 34.0. The molecule has 8 heteroatoms. The number of hydrogen-bond donors (Lipinski definition) is 4. The van der Waals surface area contributed by atoms with Crippen LogP contribution in [0.2, 0.25) is 0 Å². The number of carboxylic acid groups (broad SMARTS) is 1. The molecule has 0 radical (unpaired) electrons. The Morgan fingerprint density at radius 2 is 2.06 bits per heavy atom. The van der Waals surface area contributed by atoms with Crippen LogP contribution in [0.1, 0.15) is 36.0 Å². The normalized spacial score (nSPS) is 31.4. The highest BCUT2D eigenvalue weighted by atomic mass is 16.5. The monoisotopic (exact) mass is 480 g/mol. The van der Waals surface area contributed by atoms with Gasteiger partial charge in [-0.15, -0.1) is 0 Å². The van der Waals surface area contributed by atoms with Crippen molar-refractivity contribution in [3.05, 3.63) is 47.0 Å². The second-order valence-corrected chi connectivity index (χ2v) is 10.6. The zero-order valence-electron chi connectivity index (χ0n) is 20.0. The lowest BCUT2D eigenvalue weighted by Gasteiger charge is -2.59. The molecular formula is C27H32N2O6. The number of likely N-dealkylation sites (tertiary alicyclic amines) is 1. The van der Waals surface area contributed by atoms with E-state index in [1.165, 1.54) is 0 Å². The minimum atomic E-state index is -0.914. The van der Waals surface area contributed by atoms with Crippen LogP contribution in [0.15, 0.2) is 30.3 Å². The first-order valence-corrected chi connectivity index (χ1v) is 12.4. The minimum absolute atomic E-state index is 0.0955. The number of likely N-dealkylation sites (N-methyl/N-ethyl adjacent to an activating group) is 1. The summed E-state index contributed by atoms with van der Waals surface area (Å²) in [5.74, 6) is 0.974. The number of methoxy groups -OCH3 is 1. The molecule has 6 atom stereocenters. The summed E-state index contributed by atoms with van der Waals surface area (Å²) in [5.41, 5.74) is 2.77. The standard InChI is InChI=1S/C27H32N2O6/c1-29-10-9-27-17-7-8-18(28-19(26(32)33)11-14-3-5-15(30)6-4-14)25(27)35-24-21(31)13-22(34-2)16(23(24)27)12-20(17)29/h3-6,13,17-20,25,28,30-31H,7-12H2,1-2H3,(H,32,33)/t17-,18-,19-,20+,25-,27-/m0/s1. The Hall–Kier alpha value is -2.97. The number of carbonyl (C=O) groups is 1. The van der Waals surface area contributed by atoms with Gasteiger partial charge in [-0.2, -0.15) is 0 Å². The number of rotatable bonds is 6. The van der Waals surface area contributed by atoms with Crippen molar-refractivity contribution in [2.45, 2.75) is 61.7 Å². The van der Waals surface area contributed by atoms with E-state index in [-0.39, 0.29) is 29.1 Å². The van der Waals surface area contributed by atoms with Crippen LogP contribution in [0.3, 0.4) is 0 Å². The van der Waals surface area contributed by atoms with Crippen LogP contribution < -0.4 is 14.8 Å². The quantitative estimate of drug-likeness (QED) is 0.499. The summed E-state index contributed by atoms with van der Waals surface area (Å²) in [7, 11) is 3.82. The van der Waals surface area contributed by atoms with Gasteiger partial charge in [0.05, 0.1) is 7.11 Å². The largest absolute Gasteiger partial charge is 0.508 e. The number of benzene rings is 2.